The van der Waals surface area contributed by atoms with Gasteiger partial charge in [0.25, 0.3) is 23.4 Å². The minimum atomic E-state index is -1.29. The number of hydrogen-bond acceptors (Lipinski definition) is 14. The van der Waals surface area contributed by atoms with Crippen molar-refractivity contribution >= 4 is 69.3 Å². The van der Waals surface area contributed by atoms with E-state index in [2.05, 4.69) is 25.4 Å². The second kappa shape index (κ2) is 10.9. The largest absolute Gasteiger partial charge is 0.504 e. The molecule has 0 spiro atoms. The first kappa shape index (κ1) is 28.4. The van der Waals surface area contributed by atoms with E-state index in [0.717, 1.165) is 16.2 Å². The quantitative estimate of drug-likeness (QED) is 0.0456. The van der Waals surface area contributed by atoms with Crippen LogP contribution in [-0.4, -0.2) is 91.3 Å². The van der Waals surface area contributed by atoms with Crippen molar-refractivity contribution in [3.63, 3.8) is 0 Å². The van der Waals surface area contributed by atoms with E-state index in [0.29, 0.717) is 21.9 Å². The van der Waals surface area contributed by atoms with E-state index in [4.69, 9.17) is 5.73 Å². The molecule has 0 radical (unpaired) electrons. The Morgan fingerprint density at radius 3 is 2.65 bits per heavy atom. The maximum atomic E-state index is 13.0. The molecule has 4 aromatic rings. The van der Waals surface area contributed by atoms with Crippen LogP contribution in [0.5, 0.6) is 11.5 Å². The van der Waals surface area contributed by atoms with E-state index in [9.17, 15) is 34.5 Å². The van der Waals surface area contributed by atoms with Crippen LogP contribution in [0.15, 0.2) is 45.9 Å². The van der Waals surface area contributed by atoms with Crippen LogP contribution in [0.4, 0.5) is 5.13 Å². The smallest absolute Gasteiger partial charge is 0.352 e. The molecule has 0 saturated carbocycles. The van der Waals surface area contributed by atoms with Gasteiger partial charge in [-0.25, -0.2) is 14.8 Å². The van der Waals surface area contributed by atoms with E-state index < -0.39 is 35.0 Å². The number of rotatable bonds is 8. The van der Waals surface area contributed by atoms with Crippen molar-refractivity contribution in [3.05, 3.63) is 52.3 Å². The molecular formula is C25H20N8O7S3. The minimum Gasteiger partial charge on any atom is -0.504 e. The number of aromatic hydroxyl groups is 2. The van der Waals surface area contributed by atoms with Gasteiger partial charge in [-0.15, -0.1) is 40.0 Å². The fraction of sp³-hybridized carbons (Fsp3) is 0.200. The topological polar surface area (TPSA) is 226 Å². The third-order valence-corrected chi connectivity index (χ3v) is 9.63. The molecule has 2 aliphatic heterocycles. The van der Waals surface area contributed by atoms with Gasteiger partial charge < -0.3 is 26.4 Å². The molecule has 220 valence electrons. The number of carboxylic acid groups (broad SMARTS) is 1. The SMILES string of the molecule is Cc1cc(SCC2=C(C(=O)O)N3C(=O)[C@@H](NC(=O)C(=O)c4csc(N)n4)[C@H]3SC2)n2nc(-c3ccc(O)c(O)c3)nc2n1. The Balaban J connectivity index is 1.21. The zero-order valence-electron chi connectivity index (χ0n) is 21.9. The molecule has 6 rings (SSSR count). The van der Waals surface area contributed by atoms with Crippen molar-refractivity contribution in [2.24, 2.45) is 0 Å². The van der Waals surface area contributed by atoms with Crippen LogP contribution in [0.25, 0.3) is 17.2 Å². The zero-order chi connectivity index (χ0) is 30.6. The molecule has 2 atom stereocenters. The van der Waals surface area contributed by atoms with Gasteiger partial charge in [0.1, 0.15) is 27.8 Å². The van der Waals surface area contributed by atoms with Crippen molar-refractivity contribution in [1.29, 1.82) is 0 Å². The highest BCUT2D eigenvalue weighted by atomic mass is 32.2. The number of nitrogens with two attached hydrogens (primary N) is 1. The number of anilines is 1. The predicted molar refractivity (Wildman–Crippen MR) is 156 cm³/mol. The fourth-order valence-corrected chi connectivity index (χ4v) is 7.59. The molecule has 43 heavy (non-hydrogen) atoms. The van der Waals surface area contributed by atoms with Gasteiger partial charge in [0.2, 0.25) is 0 Å². The third kappa shape index (κ3) is 5.12. The second-order valence-corrected chi connectivity index (χ2v) is 12.4. The first-order chi connectivity index (χ1) is 20.5. The number of carboxylic acids is 1. The molecule has 5 heterocycles. The van der Waals surface area contributed by atoms with Crippen LogP contribution in [0.2, 0.25) is 0 Å². The molecule has 1 fully saturated rings. The second-order valence-electron chi connectivity index (χ2n) is 9.39. The summed E-state index contributed by atoms with van der Waals surface area (Å²) < 4.78 is 1.49. The molecule has 2 aliphatic rings. The monoisotopic (exact) mass is 640 g/mol. The fourth-order valence-electron chi connectivity index (χ4n) is 4.51. The first-order valence-electron chi connectivity index (χ1n) is 12.4. The van der Waals surface area contributed by atoms with E-state index in [-0.39, 0.29) is 51.1 Å². The molecule has 1 aromatic carbocycles. The van der Waals surface area contributed by atoms with Gasteiger partial charge in [0, 0.05) is 28.1 Å². The number of phenols is 2. The van der Waals surface area contributed by atoms with E-state index in [1.165, 1.54) is 45.6 Å². The number of benzene rings is 1. The lowest BCUT2D eigenvalue weighted by Crippen LogP contribution is -2.71. The van der Waals surface area contributed by atoms with Crippen molar-refractivity contribution in [3.8, 4) is 22.9 Å². The van der Waals surface area contributed by atoms with Crippen LogP contribution >= 0.6 is 34.9 Å². The number of fused-ring (bicyclic) bond motifs is 2. The van der Waals surface area contributed by atoms with Gasteiger partial charge in [0.05, 0.1) is 0 Å². The molecule has 0 bridgehead atoms. The average molecular weight is 641 g/mol. The number of aliphatic carboxylic acids is 1. The lowest BCUT2D eigenvalue weighted by molar-refractivity contribution is -0.150. The molecular weight excluding hydrogens is 621 g/mol. The maximum absolute atomic E-state index is 13.0. The number of nitrogens with zero attached hydrogens (tertiary/aromatic N) is 6. The van der Waals surface area contributed by atoms with Crippen LogP contribution in [0, 0.1) is 6.92 Å². The number of β-lactam (4-membered cyclic amide) rings is 1. The van der Waals surface area contributed by atoms with Crippen molar-refractivity contribution in [1.82, 2.24) is 34.8 Å². The lowest BCUT2D eigenvalue weighted by Gasteiger charge is -2.49. The summed E-state index contributed by atoms with van der Waals surface area (Å²) >= 11 is 3.55. The number of carbonyl (C=O) groups is 4. The van der Waals surface area contributed by atoms with Crippen molar-refractivity contribution < 1.29 is 34.5 Å². The summed E-state index contributed by atoms with van der Waals surface area (Å²) in [5, 5.41) is 37.8. The molecule has 18 heteroatoms. The van der Waals surface area contributed by atoms with Gasteiger partial charge in [-0.3, -0.25) is 19.3 Å². The number of nitrogens with one attached hydrogen (secondary N) is 1. The molecule has 2 amide bonds. The number of Topliss-reactive ketones (excluding diaryl/α,β-unsaturated/α-hetero) is 1. The van der Waals surface area contributed by atoms with Gasteiger partial charge in [-0.1, -0.05) is 0 Å². The number of nitrogen functional groups attached to an aromatic ring is 1. The highest BCUT2D eigenvalue weighted by Crippen LogP contribution is 2.42. The van der Waals surface area contributed by atoms with Crippen LogP contribution in [-0.2, 0) is 14.4 Å². The average Bonchev–Trinajstić information content (AvgIpc) is 3.61. The van der Waals surface area contributed by atoms with Crippen molar-refractivity contribution in [2.75, 3.05) is 17.2 Å². The summed E-state index contributed by atoms with van der Waals surface area (Å²) in [6, 6.07) is 4.89. The number of aromatic nitrogens is 5. The molecule has 15 nitrogen and oxygen atoms in total. The maximum Gasteiger partial charge on any atom is 0.352 e. The number of phenolic OH excluding ortho intramolecular Hbond substituents is 2. The summed E-state index contributed by atoms with van der Waals surface area (Å²) in [6.45, 7) is 1.77. The standard InChI is InChI=1S/C25H20N8O7S3/c1-9-4-15(33-25(27-9)30-19(31-33)10-2-3-13(34)14(35)5-10)41-6-11-7-42-22-16(21(38)32(22)17(11)23(39)40)29-20(37)18(36)12-8-43-24(26)28-12/h2-5,8,16,22,34-35H,6-7H2,1H3,(H2,26,28)(H,29,37)(H,39,40)/t16-,22-/m1/s1. The highest BCUT2D eigenvalue weighted by molar-refractivity contribution is 8.01. The van der Waals surface area contributed by atoms with Crippen LogP contribution < -0.4 is 11.1 Å². The van der Waals surface area contributed by atoms with Crippen LogP contribution in [0.3, 0.4) is 0 Å². The number of thioether (sulfide) groups is 2. The Morgan fingerprint density at radius 2 is 1.95 bits per heavy atom. The number of carbonyl (C=O) groups excluding carboxylic acids is 3. The molecule has 0 aliphatic carbocycles. The van der Waals surface area contributed by atoms with Crippen LogP contribution in [0.1, 0.15) is 16.2 Å². The van der Waals surface area contributed by atoms with E-state index in [1.54, 1.807) is 19.1 Å². The van der Waals surface area contributed by atoms with Gasteiger partial charge in [-0.2, -0.15) is 9.50 Å². The number of ketones is 1. The Kier molecular flexibility index (Phi) is 7.18. The number of thiazole rings is 1. The van der Waals surface area contributed by atoms with Gasteiger partial charge in [-0.05, 0) is 36.8 Å². The third-order valence-electron chi connectivity index (χ3n) is 6.53. The molecule has 6 N–H and O–H groups in total. The zero-order valence-corrected chi connectivity index (χ0v) is 24.4. The Bertz CT molecular complexity index is 1890. The summed E-state index contributed by atoms with van der Waals surface area (Å²) in [5.41, 5.74) is 6.79. The Hall–Kier alpha value is -4.68. The number of hydrogen-bond donors (Lipinski definition) is 5. The summed E-state index contributed by atoms with van der Waals surface area (Å²) in [4.78, 5) is 63.9. The highest BCUT2D eigenvalue weighted by Gasteiger charge is 2.54. The molecule has 3 aromatic heterocycles. The first-order valence-corrected chi connectivity index (χ1v) is 15.3. The molecule has 1 saturated heterocycles. The normalized spacial score (nSPS) is 18.0. The summed E-state index contributed by atoms with van der Waals surface area (Å²) in [7, 11) is 0. The molecule has 0 unspecified atom stereocenters. The summed E-state index contributed by atoms with van der Waals surface area (Å²) in [5.74, 6) is -3.52. The number of amides is 2. The van der Waals surface area contributed by atoms with E-state index >= 15 is 0 Å². The van der Waals surface area contributed by atoms with Crippen molar-refractivity contribution in [2.45, 2.75) is 23.4 Å². The Labute approximate surface area is 253 Å². The predicted octanol–water partition coefficient (Wildman–Crippen LogP) is 1.26. The lowest BCUT2D eigenvalue weighted by atomic mass is 10.0. The summed E-state index contributed by atoms with van der Waals surface area (Å²) in [6.07, 6.45) is 0. The van der Waals surface area contributed by atoms with Gasteiger partial charge >= 0.3 is 5.97 Å². The van der Waals surface area contributed by atoms with E-state index in [1.807, 2.05) is 0 Å². The van der Waals surface area contributed by atoms with Gasteiger partial charge in [0.15, 0.2) is 22.5 Å². The minimum absolute atomic E-state index is 0.121. The Morgan fingerprint density at radius 1 is 1.16 bits per heavy atom. The number of aryl methyl sites for hydroxylation is 1.